The van der Waals surface area contributed by atoms with Gasteiger partial charge in [0.05, 0.1) is 12.3 Å². The van der Waals surface area contributed by atoms with Crippen molar-refractivity contribution in [3.8, 4) is 0 Å². The lowest BCUT2D eigenvalue weighted by Crippen LogP contribution is -2.25. The molecule has 0 spiro atoms. The summed E-state index contributed by atoms with van der Waals surface area (Å²) in [6.45, 7) is 0.444. The van der Waals surface area contributed by atoms with Gasteiger partial charge in [-0.15, -0.1) is 0 Å². The average Bonchev–Trinajstić information content (AvgIpc) is 2.51. The smallest absolute Gasteiger partial charge is 0.246 e. The van der Waals surface area contributed by atoms with Crippen molar-refractivity contribution < 1.29 is 9.00 Å². The van der Waals surface area contributed by atoms with Gasteiger partial charge >= 0.3 is 0 Å². The molecule has 0 aliphatic carbocycles. The normalized spacial score (nSPS) is 21.6. The molecule has 0 N–H and O–H groups in total. The van der Waals surface area contributed by atoms with Crippen LogP contribution >= 0.6 is 10.8 Å². The van der Waals surface area contributed by atoms with Gasteiger partial charge in [0.15, 0.2) is 10.0 Å². The van der Waals surface area contributed by atoms with Gasteiger partial charge in [-0.3, -0.25) is 4.79 Å². The minimum absolute atomic E-state index is 0.0443. The third kappa shape index (κ3) is 1.99. The fourth-order valence-electron chi connectivity index (χ4n) is 1.21. The van der Waals surface area contributed by atoms with Crippen LogP contribution in [0.5, 0.6) is 0 Å². The van der Waals surface area contributed by atoms with E-state index in [1.807, 2.05) is 30.3 Å². The molecule has 1 fully saturated rings. The minimum atomic E-state index is -1.19. The number of hydrogen-bond donors (Lipinski definition) is 0. The van der Waals surface area contributed by atoms with Crippen LogP contribution in [0.2, 0.25) is 0 Å². The van der Waals surface area contributed by atoms with Crippen LogP contribution in [0.3, 0.4) is 0 Å². The molecule has 1 atom stereocenters. The summed E-state index contributed by atoms with van der Waals surface area (Å²) in [6, 6.07) is 9.58. The predicted octanol–water partition coefficient (Wildman–Crippen LogP) is 1.34. The quantitative estimate of drug-likeness (QED) is 0.716. The van der Waals surface area contributed by atoms with Crippen molar-refractivity contribution in [3.05, 3.63) is 35.9 Å². The van der Waals surface area contributed by atoms with Gasteiger partial charge in [-0.05, 0) is 16.4 Å². The Morgan fingerprint density at radius 1 is 1.36 bits per heavy atom. The summed E-state index contributed by atoms with van der Waals surface area (Å²) in [7, 11) is -0.00946. The standard InChI is InChI=1S/C9H9NO2S2/c11-9-7-13-14(12)10(9)6-8-4-2-1-3-5-8/h1-5H,6-7H2. The molecule has 1 amide bonds. The monoisotopic (exact) mass is 227 g/mol. The molecule has 0 aromatic heterocycles. The lowest BCUT2D eigenvalue weighted by molar-refractivity contribution is -0.123. The molecule has 0 bridgehead atoms. The van der Waals surface area contributed by atoms with Crippen LogP contribution in [-0.4, -0.2) is 20.2 Å². The summed E-state index contributed by atoms with van der Waals surface area (Å²) in [5.74, 6) is 0.289. The zero-order valence-corrected chi connectivity index (χ0v) is 9.01. The molecule has 1 aliphatic rings. The Morgan fingerprint density at radius 2 is 2.07 bits per heavy atom. The molecule has 5 heteroatoms. The molecule has 1 aromatic carbocycles. The maximum absolute atomic E-state index is 11.4. The van der Waals surface area contributed by atoms with Crippen LogP contribution < -0.4 is 0 Å². The maximum Gasteiger partial charge on any atom is 0.246 e. The maximum atomic E-state index is 11.4. The Morgan fingerprint density at radius 3 is 2.64 bits per heavy atom. The van der Waals surface area contributed by atoms with E-state index in [0.717, 1.165) is 5.56 Å². The number of carbonyl (C=O) groups is 1. The van der Waals surface area contributed by atoms with Crippen LogP contribution in [0.1, 0.15) is 5.56 Å². The van der Waals surface area contributed by atoms with Crippen LogP contribution in [0.4, 0.5) is 0 Å². The summed E-state index contributed by atoms with van der Waals surface area (Å²) >= 11 is 0. The first-order valence-corrected chi connectivity index (χ1v) is 6.78. The highest BCUT2D eigenvalue weighted by Gasteiger charge is 2.28. The Hall–Kier alpha value is -0.810. The second-order valence-corrected chi connectivity index (χ2v) is 5.86. The van der Waals surface area contributed by atoms with Crippen LogP contribution in [0.15, 0.2) is 30.3 Å². The van der Waals surface area contributed by atoms with Gasteiger partial charge in [0.2, 0.25) is 5.91 Å². The Labute approximate surface area is 88.5 Å². The van der Waals surface area contributed by atoms with Crippen molar-refractivity contribution in [2.24, 2.45) is 0 Å². The molecule has 14 heavy (non-hydrogen) atoms. The van der Waals surface area contributed by atoms with Crippen molar-refractivity contribution in [2.45, 2.75) is 6.54 Å². The van der Waals surface area contributed by atoms with Gasteiger partial charge in [-0.25, -0.2) is 8.51 Å². The largest absolute Gasteiger partial charge is 0.273 e. The summed E-state index contributed by atoms with van der Waals surface area (Å²) in [5, 5.41) is 0. The first kappa shape index (κ1) is 9.73. The third-order valence-electron chi connectivity index (χ3n) is 1.91. The molecule has 1 saturated heterocycles. The fraction of sp³-hybridized carbons (Fsp3) is 0.222. The van der Waals surface area contributed by atoms with E-state index in [2.05, 4.69) is 0 Å². The summed E-state index contributed by atoms with van der Waals surface area (Å²) < 4.78 is 12.8. The highest BCUT2D eigenvalue weighted by molar-refractivity contribution is 8.69. The zero-order chi connectivity index (χ0) is 9.97. The van der Waals surface area contributed by atoms with Gasteiger partial charge in [-0.1, -0.05) is 30.3 Å². The zero-order valence-electron chi connectivity index (χ0n) is 7.38. The topological polar surface area (TPSA) is 37.4 Å². The average molecular weight is 227 g/mol. The Bertz CT molecular complexity index is 350. The summed E-state index contributed by atoms with van der Waals surface area (Å²) in [6.07, 6.45) is 0. The van der Waals surface area contributed by atoms with Gasteiger partial charge in [0.25, 0.3) is 0 Å². The Kier molecular flexibility index (Phi) is 2.88. The summed E-state index contributed by atoms with van der Waals surface area (Å²) in [5.41, 5.74) is 1.01. The molecular weight excluding hydrogens is 218 g/mol. The number of rotatable bonds is 2. The van der Waals surface area contributed by atoms with E-state index in [0.29, 0.717) is 12.3 Å². The second kappa shape index (κ2) is 4.14. The predicted molar refractivity (Wildman–Crippen MR) is 57.6 cm³/mol. The van der Waals surface area contributed by atoms with E-state index in [1.165, 1.54) is 15.1 Å². The highest BCUT2D eigenvalue weighted by Crippen LogP contribution is 2.24. The van der Waals surface area contributed by atoms with Crippen LogP contribution in [0.25, 0.3) is 0 Å². The molecule has 3 nitrogen and oxygen atoms in total. The van der Waals surface area contributed by atoms with E-state index in [1.54, 1.807) is 0 Å². The molecule has 1 unspecified atom stereocenters. The van der Waals surface area contributed by atoms with Crippen molar-refractivity contribution in [1.82, 2.24) is 4.31 Å². The van der Waals surface area contributed by atoms with Gasteiger partial charge in [0.1, 0.15) is 0 Å². The van der Waals surface area contributed by atoms with Gasteiger partial charge in [0, 0.05) is 0 Å². The Balaban J connectivity index is 2.11. The van der Waals surface area contributed by atoms with Crippen LogP contribution in [0, 0.1) is 0 Å². The lowest BCUT2D eigenvalue weighted by atomic mass is 10.2. The lowest BCUT2D eigenvalue weighted by Gasteiger charge is -2.12. The van der Waals surface area contributed by atoms with Crippen molar-refractivity contribution in [1.29, 1.82) is 0 Å². The molecule has 0 radical (unpaired) electrons. The van der Waals surface area contributed by atoms with Crippen molar-refractivity contribution in [2.75, 3.05) is 5.75 Å². The number of carbonyl (C=O) groups excluding carboxylic acids is 1. The second-order valence-electron chi connectivity index (χ2n) is 2.90. The molecular formula is C9H9NO2S2. The SMILES string of the molecule is O=C1CSS(=O)N1Cc1ccccc1. The van der Waals surface area contributed by atoms with Crippen molar-refractivity contribution >= 4 is 26.7 Å². The van der Waals surface area contributed by atoms with Gasteiger partial charge < -0.3 is 0 Å². The van der Waals surface area contributed by atoms with Gasteiger partial charge in [-0.2, -0.15) is 0 Å². The molecule has 74 valence electrons. The molecule has 1 aromatic rings. The first-order valence-electron chi connectivity index (χ1n) is 4.17. The van der Waals surface area contributed by atoms with Crippen LogP contribution in [-0.2, 0) is 21.4 Å². The minimum Gasteiger partial charge on any atom is -0.273 e. The number of nitrogens with zero attached hydrogens (tertiary/aromatic N) is 1. The van der Waals surface area contributed by atoms with E-state index in [4.69, 9.17) is 0 Å². The first-order chi connectivity index (χ1) is 6.77. The number of benzene rings is 1. The third-order valence-corrected chi connectivity index (χ3v) is 4.67. The molecule has 2 rings (SSSR count). The molecule has 1 aliphatic heterocycles. The fourth-order valence-corrected chi connectivity index (χ4v) is 3.66. The number of amides is 1. The van der Waals surface area contributed by atoms with E-state index >= 15 is 0 Å². The summed E-state index contributed by atoms with van der Waals surface area (Å²) in [4.78, 5) is 11.3. The molecule has 0 saturated carbocycles. The molecule has 1 heterocycles. The van der Waals surface area contributed by atoms with E-state index < -0.39 is 10.0 Å². The van der Waals surface area contributed by atoms with E-state index in [-0.39, 0.29) is 5.91 Å². The highest BCUT2D eigenvalue weighted by atomic mass is 33.1. The number of hydrogen-bond acceptors (Lipinski definition) is 3. The van der Waals surface area contributed by atoms with E-state index in [9.17, 15) is 9.00 Å². The van der Waals surface area contributed by atoms with Crippen molar-refractivity contribution in [3.63, 3.8) is 0 Å².